The highest BCUT2D eigenvalue weighted by Crippen LogP contribution is 2.29. The minimum absolute atomic E-state index is 0.763. The highest BCUT2D eigenvalue weighted by molar-refractivity contribution is 4.84. The third-order valence-corrected chi connectivity index (χ3v) is 5.37. The van der Waals surface area contributed by atoms with Crippen LogP contribution in [0.2, 0.25) is 0 Å². The summed E-state index contributed by atoms with van der Waals surface area (Å²) in [5.74, 6) is 1.80. The summed E-state index contributed by atoms with van der Waals surface area (Å²) >= 11 is 0. The topological polar surface area (TPSA) is 15.3 Å². The second-order valence-corrected chi connectivity index (χ2v) is 7.58. The second-order valence-electron chi connectivity index (χ2n) is 7.58. The van der Waals surface area contributed by atoms with Crippen LogP contribution in [0.4, 0.5) is 0 Å². The fraction of sp³-hybridized carbons (Fsp3) is 1.00. The van der Waals surface area contributed by atoms with Crippen LogP contribution in [-0.4, -0.2) is 36.6 Å². The van der Waals surface area contributed by atoms with Crippen molar-refractivity contribution in [1.29, 1.82) is 0 Å². The summed E-state index contributed by atoms with van der Waals surface area (Å²) in [6.07, 6.45) is 11.4. The molecule has 2 heteroatoms. The average molecular weight is 281 g/mol. The van der Waals surface area contributed by atoms with E-state index >= 15 is 0 Å². The molecule has 1 heterocycles. The van der Waals surface area contributed by atoms with Gasteiger partial charge in [-0.1, -0.05) is 40.0 Å². The molecule has 0 amide bonds. The Hall–Kier alpha value is -0.0800. The molecule has 1 saturated heterocycles. The van der Waals surface area contributed by atoms with E-state index in [1.165, 1.54) is 71.0 Å². The fourth-order valence-electron chi connectivity index (χ4n) is 4.17. The molecule has 3 unspecified atom stereocenters. The van der Waals surface area contributed by atoms with Gasteiger partial charge < -0.3 is 5.32 Å². The Balaban J connectivity index is 1.90. The lowest BCUT2D eigenvalue weighted by atomic mass is 9.97. The summed E-state index contributed by atoms with van der Waals surface area (Å²) < 4.78 is 0. The van der Waals surface area contributed by atoms with Crippen molar-refractivity contribution in [2.45, 2.75) is 84.2 Å². The van der Waals surface area contributed by atoms with E-state index in [0.29, 0.717) is 0 Å². The van der Waals surface area contributed by atoms with Crippen LogP contribution in [0.15, 0.2) is 0 Å². The molecule has 0 aromatic carbocycles. The van der Waals surface area contributed by atoms with Crippen molar-refractivity contribution in [2.24, 2.45) is 11.8 Å². The normalized spacial score (nSPS) is 31.9. The molecule has 0 bridgehead atoms. The van der Waals surface area contributed by atoms with Crippen molar-refractivity contribution in [2.75, 3.05) is 19.6 Å². The zero-order valence-corrected chi connectivity index (χ0v) is 14.0. The van der Waals surface area contributed by atoms with E-state index in [1.807, 2.05) is 0 Å². The molecule has 2 nitrogen and oxygen atoms in total. The van der Waals surface area contributed by atoms with Gasteiger partial charge in [-0.3, -0.25) is 4.90 Å². The number of nitrogens with zero attached hydrogens (tertiary/aromatic N) is 1. The van der Waals surface area contributed by atoms with E-state index in [1.54, 1.807) is 0 Å². The summed E-state index contributed by atoms with van der Waals surface area (Å²) in [6.45, 7) is 10.9. The third kappa shape index (κ3) is 5.04. The quantitative estimate of drug-likeness (QED) is 0.738. The van der Waals surface area contributed by atoms with Gasteiger partial charge >= 0.3 is 0 Å². The van der Waals surface area contributed by atoms with E-state index in [9.17, 15) is 0 Å². The van der Waals surface area contributed by atoms with Gasteiger partial charge in [0, 0.05) is 25.2 Å². The first kappa shape index (κ1) is 16.3. The first-order valence-electron chi connectivity index (χ1n) is 9.16. The maximum absolute atomic E-state index is 3.69. The van der Waals surface area contributed by atoms with Gasteiger partial charge in [-0.25, -0.2) is 0 Å². The molecule has 0 aromatic heterocycles. The van der Waals surface area contributed by atoms with Gasteiger partial charge in [0.2, 0.25) is 0 Å². The zero-order chi connectivity index (χ0) is 14.4. The molecule has 0 spiro atoms. The van der Waals surface area contributed by atoms with E-state index in [2.05, 4.69) is 31.0 Å². The standard InChI is InChI=1S/C18H36N2/c1-4-16-7-5-9-18(11-10-16)20(13-15(2)3)14-17-8-6-12-19-17/h15-19H,4-14H2,1-3H3. The van der Waals surface area contributed by atoms with Crippen LogP contribution in [0.3, 0.4) is 0 Å². The first-order valence-corrected chi connectivity index (χ1v) is 9.16. The Labute approximate surface area is 126 Å². The van der Waals surface area contributed by atoms with Crippen LogP contribution >= 0.6 is 0 Å². The SMILES string of the molecule is CCC1CCCC(N(CC(C)C)CC2CCCN2)CC1. The molecule has 20 heavy (non-hydrogen) atoms. The molecule has 1 aliphatic heterocycles. The highest BCUT2D eigenvalue weighted by Gasteiger charge is 2.26. The maximum atomic E-state index is 3.69. The summed E-state index contributed by atoms with van der Waals surface area (Å²) in [5.41, 5.74) is 0. The molecule has 2 aliphatic rings. The van der Waals surface area contributed by atoms with Gasteiger partial charge in [-0.2, -0.15) is 0 Å². The molecule has 0 aromatic rings. The lowest BCUT2D eigenvalue weighted by Gasteiger charge is -2.34. The van der Waals surface area contributed by atoms with Crippen molar-refractivity contribution >= 4 is 0 Å². The van der Waals surface area contributed by atoms with Crippen LogP contribution in [-0.2, 0) is 0 Å². The van der Waals surface area contributed by atoms with Gasteiger partial charge in [-0.05, 0) is 50.5 Å². The molecule has 1 N–H and O–H groups in total. The summed E-state index contributed by atoms with van der Waals surface area (Å²) in [4.78, 5) is 2.84. The Kier molecular flexibility index (Phi) is 6.83. The van der Waals surface area contributed by atoms with E-state index < -0.39 is 0 Å². The molecule has 2 rings (SSSR count). The average Bonchev–Trinajstić information content (AvgIpc) is 2.80. The largest absolute Gasteiger partial charge is 0.313 e. The fourth-order valence-corrected chi connectivity index (χ4v) is 4.17. The predicted octanol–water partition coefficient (Wildman–Crippen LogP) is 4.06. The summed E-state index contributed by atoms with van der Waals surface area (Å²) in [5, 5.41) is 3.69. The molecule has 2 fully saturated rings. The minimum Gasteiger partial charge on any atom is -0.313 e. The summed E-state index contributed by atoms with van der Waals surface area (Å²) in [6, 6.07) is 1.62. The van der Waals surface area contributed by atoms with Gasteiger partial charge in [-0.15, -0.1) is 0 Å². The van der Waals surface area contributed by atoms with Gasteiger partial charge in [0.05, 0.1) is 0 Å². The van der Waals surface area contributed by atoms with Crippen molar-refractivity contribution in [1.82, 2.24) is 10.2 Å². The lowest BCUT2D eigenvalue weighted by molar-refractivity contribution is 0.145. The Bertz CT molecular complexity index is 258. The number of rotatable bonds is 6. The monoisotopic (exact) mass is 280 g/mol. The van der Waals surface area contributed by atoms with Crippen LogP contribution in [0, 0.1) is 11.8 Å². The molecule has 118 valence electrons. The number of hydrogen-bond donors (Lipinski definition) is 1. The summed E-state index contributed by atoms with van der Waals surface area (Å²) in [7, 11) is 0. The van der Waals surface area contributed by atoms with E-state index in [4.69, 9.17) is 0 Å². The minimum atomic E-state index is 0.763. The molecule has 3 atom stereocenters. The zero-order valence-electron chi connectivity index (χ0n) is 14.0. The Morgan fingerprint density at radius 3 is 2.55 bits per heavy atom. The van der Waals surface area contributed by atoms with E-state index in [0.717, 1.165) is 23.9 Å². The Morgan fingerprint density at radius 2 is 1.90 bits per heavy atom. The van der Waals surface area contributed by atoms with Crippen LogP contribution in [0.1, 0.15) is 72.1 Å². The van der Waals surface area contributed by atoms with Crippen LogP contribution in [0.25, 0.3) is 0 Å². The molecular formula is C18H36N2. The third-order valence-electron chi connectivity index (χ3n) is 5.37. The smallest absolute Gasteiger partial charge is 0.0195 e. The van der Waals surface area contributed by atoms with Gasteiger partial charge in [0.1, 0.15) is 0 Å². The van der Waals surface area contributed by atoms with E-state index in [-0.39, 0.29) is 0 Å². The molecular weight excluding hydrogens is 244 g/mol. The lowest BCUT2D eigenvalue weighted by Crippen LogP contribution is -2.45. The van der Waals surface area contributed by atoms with Gasteiger partial charge in [0.25, 0.3) is 0 Å². The van der Waals surface area contributed by atoms with Crippen LogP contribution < -0.4 is 5.32 Å². The second kappa shape index (κ2) is 8.38. The highest BCUT2D eigenvalue weighted by atomic mass is 15.2. The first-order chi connectivity index (χ1) is 9.69. The molecule has 1 aliphatic carbocycles. The maximum Gasteiger partial charge on any atom is 0.0195 e. The Morgan fingerprint density at radius 1 is 1.05 bits per heavy atom. The number of nitrogens with one attached hydrogen (secondary N) is 1. The van der Waals surface area contributed by atoms with Crippen molar-refractivity contribution in [3.8, 4) is 0 Å². The van der Waals surface area contributed by atoms with Crippen molar-refractivity contribution in [3.05, 3.63) is 0 Å². The van der Waals surface area contributed by atoms with Crippen molar-refractivity contribution in [3.63, 3.8) is 0 Å². The van der Waals surface area contributed by atoms with Crippen molar-refractivity contribution < 1.29 is 0 Å². The molecule has 0 radical (unpaired) electrons. The number of hydrogen-bond acceptors (Lipinski definition) is 2. The van der Waals surface area contributed by atoms with Gasteiger partial charge in [0.15, 0.2) is 0 Å². The van der Waals surface area contributed by atoms with Crippen LogP contribution in [0.5, 0.6) is 0 Å². The predicted molar refractivity (Wildman–Crippen MR) is 88.1 cm³/mol. The molecule has 1 saturated carbocycles.